The van der Waals surface area contributed by atoms with Crippen LogP contribution in [0, 0.1) is 40.4 Å². The molecule has 0 aromatic carbocycles. The van der Waals surface area contributed by atoms with Gasteiger partial charge in [-0.15, -0.1) is 0 Å². The Bertz CT molecular complexity index is 592. The van der Waals surface area contributed by atoms with E-state index in [2.05, 4.69) is 19.2 Å². The fourth-order valence-electron chi connectivity index (χ4n) is 8.52. The van der Waals surface area contributed by atoms with Gasteiger partial charge in [0.05, 0.1) is 12.2 Å². The molecule has 4 aliphatic rings. The van der Waals surface area contributed by atoms with E-state index in [-0.39, 0.29) is 35.5 Å². The Morgan fingerprint density at radius 2 is 1.81 bits per heavy atom. The number of carbonyl (C=O) groups is 1. The van der Waals surface area contributed by atoms with Gasteiger partial charge in [-0.2, -0.15) is 0 Å². The number of carbonyl (C=O) groups excluding carboxylic acids is 1. The maximum Gasteiger partial charge on any atom is 0.217 e. The monoisotopic (exact) mass is 377 g/mol. The molecule has 0 bridgehead atoms. The Labute approximate surface area is 164 Å². The summed E-state index contributed by atoms with van der Waals surface area (Å²) in [6.45, 7) is 8.42. The summed E-state index contributed by atoms with van der Waals surface area (Å²) in [5, 5.41) is 24.1. The molecular weight excluding hydrogens is 338 g/mol. The molecule has 4 saturated carbocycles. The van der Waals surface area contributed by atoms with Gasteiger partial charge >= 0.3 is 0 Å². The highest BCUT2D eigenvalue weighted by Gasteiger charge is 2.64. The van der Waals surface area contributed by atoms with E-state index in [9.17, 15) is 15.0 Å². The maximum atomic E-state index is 12.1. The van der Waals surface area contributed by atoms with E-state index in [0.29, 0.717) is 29.1 Å². The summed E-state index contributed by atoms with van der Waals surface area (Å²) in [7, 11) is 0. The summed E-state index contributed by atoms with van der Waals surface area (Å²) in [6.07, 6.45) is 8.39. The third-order valence-electron chi connectivity index (χ3n) is 9.82. The molecule has 27 heavy (non-hydrogen) atoms. The van der Waals surface area contributed by atoms with Crippen LogP contribution in [0.15, 0.2) is 0 Å². The van der Waals surface area contributed by atoms with Gasteiger partial charge in [0.2, 0.25) is 5.91 Å². The number of fused-ring (bicyclic) bond motifs is 5. The van der Waals surface area contributed by atoms with Gasteiger partial charge < -0.3 is 15.5 Å². The van der Waals surface area contributed by atoms with Crippen LogP contribution in [-0.4, -0.2) is 34.4 Å². The highest BCUT2D eigenvalue weighted by molar-refractivity contribution is 5.73. The Hall–Kier alpha value is -0.610. The highest BCUT2D eigenvalue weighted by Crippen LogP contribution is 2.67. The Morgan fingerprint density at radius 3 is 2.48 bits per heavy atom. The van der Waals surface area contributed by atoms with Gasteiger partial charge in [-0.25, -0.2) is 0 Å². The molecule has 0 aromatic rings. The van der Waals surface area contributed by atoms with Crippen LogP contribution in [0.4, 0.5) is 0 Å². The van der Waals surface area contributed by atoms with Crippen molar-refractivity contribution in [1.29, 1.82) is 0 Å². The standard InChI is InChI=1S/C23H39NO3/c1-13(25)18-7-8-19-17-6-5-15-11-16(27)9-10-22(15,3)20(17)12-21(23(18,19)4)24-14(2)26/h13,15-21,25,27H,5-12H2,1-4H3,(H,24,26)/t13-,15-,16-,17+,18-,19+,20+,21+,22-,23-/m0/s1. The molecule has 4 rings (SSSR count). The van der Waals surface area contributed by atoms with Gasteiger partial charge in [-0.05, 0) is 98.7 Å². The molecule has 1 amide bonds. The maximum absolute atomic E-state index is 12.1. The Morgan fingerprint density at radius 1 is 1.07 bits per heavy atom. The second-order valence-corrected chi connectivity index (χ2v) is 10.9. The predicted molar refractivity (Wildman–Crippen MR) is 106 cm³/mol. The number of rotatable bonds is 2. The lowest BCUT2D eigenvalue weighted by Gasteiger charge is -2.63. The van der Waals surface area contributed by atoms with Crippen molar-refractivity contribution in [1.82, 2.24) is 5.32 Å². The topological polar surface area (TPSA) is 69.6 Å². The van der Waals surface area contributed by atoms with Gasteiger partial charge in [0.15, 0.2) is 0 Å². The lowest BCUT2D eigenvalue weighted by atomic mass is 9.43. The Balaban J connectivity index is 1.70. The largest absolute Gasteiger partial charge is 0.393 e. The average molecular weight is 378 g/mol. The highest BCUT2D eigenvalue weighted by atomic mass is 16.3. The first-order valence-electron chi connectivity index (χ1n) is 11.3. The van der Waals surface area contributed by atoms with Gasteiger partial charge in [0.25, 0.3) is 0 Å². The fourth-order valence-corrected chi connectivity index (χ4v) is 8.52. The third-order valence-corrected chi connectivity index (χ3v) is 9.82. The lowest BCUT2D eigenvalue weighted by Crippen LogP contribution is -2.63. The van der Waals surface area contributed by atoms with Crippen molar-refractivity contribution >= 4 is 5.91 Å². The summed E-state index contributed by atoms with van der Waals surface area (Å²) in [5.41, 5.74) is 0.293. The zero-order valence-electron chi connectivity index (χ0n) is 17.6. The minimum atomic E-state index is -0.315. The summed E-state index contributed by atoms with van der Waals surface area (Å²) < 4.78 is 0. The summed E-state index contributed by atoms with van der Waals surface area (Å²) in [5.74, 6) is 2.90. The molecule has 4 aliphatic carbocycles. The number of hydrogen-bond acceptors (Lipinski definition) is 3. The molecule has 0 saturated heterocycles. The molecule has 10 atom stereocenters. The zero-order chi connectivity index (χ0) is 19.6. The number of nitrogens with one attached hydrogen (secondary N) is 1. The van der Waals surface area contributed by atoms with E-state index < -0.39 is 0 Å². The van der Waals surface area contributed by atoms with E-state index >= 15 is 0 Å². The minimum absolute atomic E-state index is 0.00161. The van der Waals surface area contributed by atoms with Crippen LogP contribution in [-0.2, 0) is 4.79 Å². The number of aliphatic hydroxyl groups is 2. The van der Waals surface area contributed by atoms with Crippen molar-refractivity contribution in [3.63, 3.8) is 0 Å². The first kappa shape index (κ1) is 19.7. The number of hydrogen-bond donors (Lipinski definition) is 3. The predicted octanol–water partition coefficient (Wildman–Crippen LogP) is 3.50. The Kier molecular flexibility index (Phi) is 4.91. The second-order valence-electron chi connectivity index (χ2n) is 10.9. The molecule has 0 spiro atoms. The molecule has 0 heterocycles. The molecular formula is C23H39NO3. The van der Waals surface area contributed by atoms with Crippen molar-refractivity contribution in [2.45, 2.75) is 97.3 Å². The van der Waals surface area contributed by atoms with Crippen molar-refractivity contribution in [2.75, 3.05) is 0 Å². The fraction of sp³-hybridized carbons (Fsp3) is 0.957. The van der Waals surface area contributed by atoms with Crippen LogP contribution in [0.25, 0.3) is 0 Å². The van der Waals surface area contributed by atoms with Gasteiger partial charge in [0.1, 0.15) is 0 Å². The van der Waals surface area contributed by atoms with Crippen LogP contribution in [0.2, 0.25) is 0 Å². The molecule has 4 fully saturated rings. The third kappa shape index (κ3) is 2.88. The van der Waals surface area contributed by atoms with Gasteiger partial charge in [0, 0.05) is 13.0 Å². The van der Waals surface area contributed by atoms with Crippen LogP contribution >= 0.6 is 0 Å². The first-order valence-corrected chi connectivity index (χ1v) is 11.3. The normalized spacial score (nSPS) is 53.0. The SMILES string of the molecule is CC(=O)N[C@@H]1C[C@@H]2[C@H](CC[C@H]3C[C@@H](O)CC[C@@]32C)[C@H]2CC[C@@H]([C@H](C)O)[C@@]21C. The molecule has 154 valence electrons. The minimum Gasteiger partial charge on any atom is -0.393 e. The molecule has 3 N–H and O–H groups in total. The molecule has 0 radical (unpaired) electrons. The lowest BCUT2D eigenvalue weighted by molar-refractivity contribution is -0.149. The van der Waals surface area contributed by atoms with Crippen molar-refractivity contribution in [2.24, 2.45) is 40.4 Å². The molecule has 0 aromatic heterocycles. The van der Waals surface area contributed by atoms with Crippen LogP contribution in [0.1, 0.15) is 79.1 Å². The van der Waals surface area contributed by atoms with Crippen molar-refractivity contribution < 1.29 is 15.0 Å². The summed E-state index contributed by atoms with van der Waals surface area (Å²) >= 11 is 0. The van der Waals surface area contributed by atoms with E-state index in [1.165, 1.54) is 19.3 Å². The van der Waals surface area contributed by atoms with Crippen molar-refractivity contribution in [3.05, 3.63) is 0 Å². The van der Waals surface area contributed by atoms with E-state index in [0.717, 1.165) is 32.1 Å². The van der Waals surface area contributed by atoms with Crippen molar-refractivity contribution in [3.8, 4) is 0 Å². The van der Waals surface area contributed by atoms with Gasteiger partial charge in [-0.3, -0.25) is 4.79 Å². The molecule has 4 nitrogen and oxygen atoms in total. The second kappa shape index (κ2) is 6.73. The van der Waals surface area contributed by atoms with E-state index in [1.54, 1.807) is 6.92 Å². The van der Waals surface area contributed by atoms with Gasteiger partial charge in [-0.1, -0.05) is 13.8 Å². The van der Waals surface area contributed by atoms with Crippen LogP contribution in [0.5, 0.6) is 0 Å². The zero-order valence-corrected chi connectivity index (χ0v) is 17.6. The van der Waals surface area contributed by atoms with Crippen LogP contribution < -0.4 is 5.32 Å². The average Bonchev–Trinajstić information content (AvgIpc) is 2.95. The quantitative estimate of drug-likeness (QED) is 0.690. The number of amides is 1. The molecule has 0 unspecified atom stereocenters. The van der Waals surface area contributed by atoms with Crippen LogP contribution in [0.3, 0.4) is 0 Å². The molecule has 4 heteroatoms. The number of aliphatic hydroxyl groups excluding tert-OH is 2. The smallest absolute Gasteiger partial charge is 0.217 e. The summed E-state index contributed by atoms with van der Waals surface area (Å²) in [6, 6.07) is 0.158. The molecule has 0 aliphatic heterocycles. The summed E-state index contributed by atoms with van der Waals surface area (Å²) in [4.78, 5) is 12.1. The first-order chi connectivity index (χ1) is 12.7. The van der Waals surface area contributed by atoms with E-state index in [4.69, 9.17) is 0 Å². The van der Waals surface area contributed by atoms with E-state index in [1.807, 2.05) is 6.92 Å².